The summed E-state index contributed by atoms with van der Waals surface area (Å²) in [5.41, 5.74) is 7.84. The van der Waals surface area contributed by atoms with E-state index < -0.39 is 43.1 Å². The first-order chi connectivity index (χ1) is 17.3. The van der Waals surface area contributed by atoms with E-state index in [-0.39, 0.29) is 19.4 Å². The van der Waals surface area contributed by atoms with Crippen LogP contribution in [0.5, 0.6) is 0 Å². The summed E-state index contributed by atoms with van der Waals surface area (Å²) >= 11 is 0. The highest BCUT2D eigenvalue weighted by Gasteiger charge is 2.45. The molecular weight excluding hydrogens is 461 g/mol. The van der Waals surface area contributed by atoms with Crippen molar-refractivity contribution in [3.63, 3.8) is 0 Å². The third-order valence-corrected chi connectivity index (χ3v) is 6.33. The number of hydrogen-bond donors (Lipinski definition) is 3. The van der Waals surface area contributed by atoms with E-state index in [9.17, 15) is 24.4 Å². The van der Waals surface area contributed by atoms with E-state index in [1.165, 1.54) is 4.90 Å². The zero-order chi connectivity index (χ0) is 26.1. The van der Waals surface area contributed by atoms with Crippen LogP contribution in [-0.2, 0) is 27.4 Å². The monoisotopic (exact) mass is 495 g/mol. The highest BCUT2D eigenvalue weighted by atomic mass is 16.6. The first-order valence-corrected chi connectivity index (χ1v) is 12.3. The minimum absolute atomic E-state index is 0.0511. The molecule has 0 unspecified atom stereocenters. The fourth-order valence-electron chi connectivity index (χ4n) is 4.48. The number of ether oxygens (including phenoxy) is 1. The molecule has 0 saturated carbocycles. The van der Waals surface area contributed by atoms with Crippen LogP contribution in [0.1, 0.15) is 43.7 Å². The lowest BCUT2D eigenvalue weighted by Crippen LogP contribution is -2.61. The number of carbonyl (C=O) groups excluding carboxylic acids is 3. The maximum Gasteiger partial charge on any atom is 0.476 e. The first kappa shape index (κ1) is 27.4. The van der Waals surface area contributed by atoms with Crippen molar-refractivity contribution in [2.45, 2.75) is 63.7 Å². The normalized spacial score (nSPS) is 16.8. The van der Waals surface area contributed by atoms with E-state index in [0.29, 0.717) is 25.8 Å². The molecule has 0 radical (unpaired) electrons. The summed E-state index contributed by atoms with van der Waals surface area (Å²) < 4.78 is 5.42. The van der Waals surface area contributed by atoms with Gasteiger partial charge < -0.3 is 20.5 Å². The molecular formula is C26H34BN3O6. The van der Waals surface area contributed by atoms with Crippen molar-refractivity contribution in [1.82, 2.24) is 9.80 Å². The molecule has 9 nitrogen and oxygen atoms in total. The van der Waals surface area contributed by atoms with Crippen LogP contribution in [0.25, 0.3) is 0 Å². The lowest BCUT2D eigenvalue weighted by atomic mass is 9.75. The third kappa shape index (κ3) is 6.93. The summed E-state index contributed by atoms with van der Waals surface area (Å²) in [5.74, 6) is -2.57. The fraction of sp³-hybridized carbons (Fsp3) is 0.423. The second kappa shape index (κ2) is 13.2. The van der Waals surface area contributed by atoms with Gasteiger partial charge in [-0.2, -0.15) is 0 Å². The molecule has 3 atom stereocenters. The average molecular weight is 495 g/mol. The highest BCUT2D eigenvalue weighted by molar-refractivity contribution is 6.44. The van der Waals surface area contributed by atoms with Gasteiger partial charge in [0.2, 0.25) is 5.91 Å². The summed E-state index contributed by atoms with van der Waals surface area (Å²) in [7, 11) is -1.94. The minimum atomic E-state index is -1.94. The Bertz CT molecular complexity index is 1010. The Morgan fingerprint density at radius 3 is 2.28 bits per heavy atom. The van der Waals surface area contributed by atoms with Crippen molar-refractivity contribution < 1.29 is 29.2 Å². The second-order valence-electron chi connectivity index (χ2n) is 9.00. The molecule has 36 heavy (non-hydrogen) atoms. The molecule has 2 aromatic rings. The van der Waals surface area contributed by atoms with Gasteiger partial charge in [0.15, 0.2) is 0 Å². The maximum absolute atomic E-state index is 13.7. The lowest BCUT2D eigenvalue weighted by molar-refractivity contribution is -0.150. The van der Waals surface area contributed by atoms with E-state index in [2.05, 4.69) is 0 Å². The van der Waals surface area contributed by atoms with Gasteiger partial charge in [-0.15, -0.1) is 0 Å². The summed E-state index contributed by atoms with van der Waals surface area (Å²) in [5, 5.41) is 20.1. The average Bonchev–Trinajstić information content (AvgIpc) is 3.38. The van der Waals surface area contributed by atoms with Crippen molar-refractivity contribution in [3.05, 3.63) is 71.8 Å². The van der Waals surface area contributed by atoms with Gasteiger partial charge in [-0.05, 0) is 36.8 Å². The van der Waals surface area contributed by atoms with E-state index in [1.807, 2.05) is 67.6 Å². The number of nitrogens with zero attached hydrogens (tertiary/aromatic N) is 2. The quantitative estimate of drug-likeness (QED) is 0.429. The molecule has 0 aromatic heterocycles. The summed E-state index contributed by atoms with van der Waals surface area (Å²) in [4.78, 5) is 42.2. The molecule has 10 heteroatoms. The van der Waals surface area contributed by atoms with Crippen molar-refractivity contribution in [1.29, 1.82) is 0 Å². The zero-order valence-electron chi connectivity index (χ0n) is 20.5. The molecule has 192 valence electrons. The molecule has 3 rings (SSSR count). The van der Waals surface area contributed by atoms with Gasteiger partial charge in [-0.3, -0.25) is 19.4 Å². The van der Waals surface area contributed by atoms with Crippen LogP contribution in [0.3, 0.4) is 0 Å². The molecule has 1 aliphatic heterocycles. The topological polar surface area (TPSA) is 133 Å². The molecule has 1 saturated heterocycles. The van der Waals surface area contributed by atoms with Crippen LogP contribution in [-0.4, -0.2) is 69.4 Å². The molecule has 2 aromatic carbocycles. The van der Waals surface area contributed by atoms with E-state index >= 15 is 0 Å². The van der Waals surface area contributed by atoms with Gasteiger partial charge in [0.05, 0.1) is 12.0 Å². The Balaban J connectivity index is 1.79. The second-order valence-corrected chi connectivity index (χ2v) is 9.00. The van der Waals surface area contributed by atoms with Crippen LogP contribution in [0.15, 0.2) is 60.7 Å². The smallest absolute Gasteiger partial charge is 0.445 e. The highest BCUT2D eigenvalue weighted by Crippen LogP contribution is 2.24. The number of amides is 3. The van der Waals surface area contributed by atoms with Crippen LogP contribution in [0.4, 0.5) is 4.79 Å². The van der Waals surface area contributed by atoms with Gasteiger partial charge >= 0.3 is 13.2 Å². The van der Waals surface area contributed by atoms with Crippen LogP contribution in [0.2, 0.25) is 0 Å². The Morgan fingerprint density at radius 1 is 1.08 bits per heavy atom. The maximum atomic E-state index is 13.7. The fourth-order valence-corrected chi connectivity index (χ4v) is 4.48. The predicted octanol–water partition coefficient (Wildman–Crippen LogP) is 1.89. The summed E-state index contributed by atoms with van der Waals surface area (Å²) in [6, 6.07) is 16.3. The van der Waals surface area contributed by atoms with E-state index in [1.54, 1.807) is 0 Å². The number of benzene rings is 2. The Labute approximate surface area is 212 Å². The van der Waals surface area contributed by atoms with Gasteiger partial charge in [0.25, 0.3) is 5.91 Å². The molecule has 0 spiro atoms. The number of nitrogens with two attached hydrogens (primary N) is 1. The zero-order valence-corrected chi connectivity index (χ0v) is 20.5. The van der Waals surface area contributed by atoms with E-state index in [4.69, 9.17) is 10.5 Å². The largest absolute Gasteiger partial charge is 0.476 e. The number of hydrogen-bond acceptors (Lipinski definition) is 7. The summed E-state index contributed by atoms with van der Waals surface area (Å²) in [6.07, 6.45) is 1.08. The lowest BCUT2D eigenvalue weighted by Gasteiger charge is -2.35. The van der Waals surface area contributed by atoms with Crippen molar-refractivity contribution in [2.75, 3.05) is 6.54 Å². The van der Waals surface area contributed by atoms with E-state index in [0.717, 1.165) is 16.0 Å². The molecule has 1 heterocycles. The van der Waals surface area contributed by atoms with Crippen LogP contribution in [0, 0.1) is 0 Å². The number of rotatable bonds is 10. The van der Waals surface area contributed by atoms with Gasteiger partial charge in [-0.25, -0.2) is 4.79 Å². The first-order valence-electron chi connectivity index (χ1n) is 12.3. The number of carbonyl (C=O) groups is 3. The molecule has 1 fully saturated rings. The van der Waals surface area contributed by atoms with Crippen molar-refractivity contribution in [3.8, 4) is 0 Å². The summed E-state index contributed by atoms with van der Waals surface area (Å²) in [6.45, 7) is 2.16. The molecule has 4 N–H and O–H groups in total. The Hall–Kier alpha value is -3.21. The standard InChI is InChI=1S/C26H34BN3O6/c1-2-10-23(27(34)35)30(24(31)21(28)17-19-11-5-3-6-12-19)25(32)22-15-9-16-29(22)26(33)36-18-20-13-7-4-8-14-20/h3-8,11-14,21-23,34-35H,2,9-10,15-18,28H2,1H3/t21-,22+,23+/m1/s1. The van der Waals surface area contributed by atoms with Crippen molar-refractivity contribution in [2.24, 2.45) is 5.73 Å². The van der Waals surface area contributed by atoms with Gasteiger partial charge in [-0.1, -0.05) is 74.0 Å². The molecule has 0 bridgehead atoms. The van der Waals surface area contributed by atoms with Crippen molar-refractivity contribution >= 4 is 25.0 Å². The van der Waals surface area contributed by atoms with Crippen LogP contribution < -0.4 is 5.73 Å². The predicted molar refractivity (Wildman–Crippen MR) is 135 cm³/mol. The molecule has 1 aliphatic rings. The number of likely N-dealkylation sites (tertiary alicyclic amines) is 1. The Morgan fingerprint density at radius 2 is 1.69 bits per heavy atom. The minimum Gasteiger partial charge on any atom is -0.445 e. The number of imide groups is 1. The Kier molecular flexibility index (Phi) is 10.0. The SMILES string of the molecule is CCC[C@@H](B(O)O)N(C(=O)[C@H](N)Cc1ccccc1)C(=O)[C@@H]1CCCN1C(=O)OCc1ccccc1. The van der Waals surface area contributed by atoms with Gasteiger partial charge in [0, 0.05) is 6.54 Å². The van der Waals surface area contributed by atoms with Gasteiger partial charge in [0.1, 0.15) is 12.6 Å². The molecule has 3 amide bonds. The third-order valence-electron chi connectivity index (χ3n) is 6.33. The molecule has 0 aliphatic carbocycles. The van der Waals surface area contributed by atoms with Crippen LogP contribution >= 0.6 is 0 Å².